The first-order valence-electron chi connectivity index (χ1n) is 5.19. The molecular weight excluding hydrogens is 270 g/mol. The van der Waals surface area contributed by atoms with Gasteiger partial charge in [-0.15, -0.1) is 10.2 Å². The summed E-state index contributed by atoms with van der Waals surface area (Å²) in [7, 11) is 0. The second-order valence-electron chi connectivity index (χ2n) is 3.41. The highest BCUT2D eigenvalue weighted by atomic mass is 35.5. The molecule has 2 aromatic rings. The predicted octanol–water partition coefficient (Wildman–Crippen LogP) is 2.32. The highest BCUT2D eigenvalue weighted by Gasteiger charge is 2.13. The van der Waals surface area contributed by atoms with Gasteiger partial charge in [0.25, 0.3) is 0 Å². The van der Waals surface area contributed by atoms with Crippen molar-refractivity contribution in [2.75, 3.05) is 11.6 Å². The maximum atomic E-state index is 8.48. The molecule has 0 bridgehead atoms. The Bertz CT molecular complexity index is 589. The van der Waals surface area contributed by atoms with E-state index in [0.29, 0.717) is 28.2 Å². The number of nitrogens with zero attached hydrogens (tertiary/aromatic N) is 4. The number of benzene rings is 1. The average molecular weight is 280 g/mol. The molecule has 1 heterocycles. The summed E-state index contributed by atoms with van der Waals surface area (Å²) in [5.41, 5.74) is 0.737. The number of nitrogens with two attached hydrogens (primary N) is 1. The molecule has 0 unspecified atom stereocenters. The molecule has 2 N–H and O–H groups in total. The maximum absolute atomic E-state index is 8.48. The van der Waals surface area contributed by atoms with E-state index in [1.54, 1.807) is 6.07 Å². The third kappa shape index (κ3) is 2.58. The van der Waals surface area contributed by atoms with Crippen LogP contribution in [0, 0.1) is 11.3 Å². The van der Waals surface area contributed by atoms with E-state index in [1.807, 2.05) is 18.2 Å². The summed E-state index contributed by atoms with van der Waals surface area (Å²) < 4.78 is 1.39. The lowest BCUT2D eigenvalue weighted by Crippen LogP contribution is -2.11. The smallest absolute Gasteiger partial charge is 0.210 e. The van der Waals surface area contributed by atoms with Crippen LogP contribution in [0.25, 0.3) is 11.4 Å². The van der Waals surface area contributed by atoms with Gasteiger partial charge in [-0.1, -0.05) is 35.5 Å². The molecule has 1 aromatic heterocycles. The first kappa shape index (κ1) is 12.7. The number of halogens is 1. The van der Waals surface area contributed by atoms with Crippen LogP contribution in [0.15, 0.2) is 29.4 Å². The molecule has 2 rings (SSSR count). The van der Waals surface area contributed by atoms with E-state index in [4.69, 9.17) is 22.7 Å². The van der Waals surface area contributed by atoms with Crippen molar-refractivity contribution in [2.45, 2.75) is 11.6 Å². The molecule has 0 aliphatic carbocycles. The highest BCUT2D eigenvalue weighted by Crippen LogP contribution is 2.27. The molecule has 0 atom stereocenters. The fraction of sp³-hybridized carbons (Fsp3) is 0.182. The number of nitriles is 1. The van der Waals surface area contributed by atoms with Crippen molar-refractivity contribution in [3.8, 4) is 17.5 Å². The predicted molar refractivity (Wildman–Crippen MR) is 71.6 cm³/mol. The Morgan fingerprint density at radius 2 is 2.17 bits per heavy atom. The molecule has 5 nitrogen and oxygen atoms in total. The number of hydrogen-bond acceptors (Lipinski definition) is 5. The molecule has 0 fully saturated rings. The van der Waals surface area contributed by atoms with Crippen LogP contribution in [0.2, 0.25) is 5.02 Å². The van der Waals surface area contributed by atoms with E-state index < -0.39 is 0 Å². The van der Waals surface area contributed by atoms with E-state index in [2.05, 4.69) is 16.3 Å². The molecule has 0 aliphatic heterocycles. The van der Waals surface area contributed by atoms with Gasteiger partial charge >= 0.3 is 0 Å². The van der Waals surface area contributed by atoms with Gasteiger partial charge < -0.3 is 5.84 Å². The Morgan fingerprint density at radius 1 is 1.39 bits per heavy atom. The lowest BCUT2D eigenvalue weighted by molar-refractivity contribution is 0.849. The maximum Gasteiger partial charge on any atom is 0.210 e. The normalized spacial score (nSPS) is 10.2. The van der Waals surface area contributed by atoms with Crippen molar-refractivity contribution < 1.29 is 0 Å². The Labute approximate surface area is 114 Å². The minimum Gasteiger partial charge on any atom is -0.335 e. The van der Waals surface area contributed by atoms with Crippen LogP contribution in [0.4, 0.5) is 0 Å². The van der Waals surface area contributed by atoms with Crippen LogP contribution in [-0.2, 0) is 0 Å². The van der Waals surface area contributed by atoms with Gasteiger partial charge in [0, 0.05) is 17.7 Å². The fourth-order valence-corrected chi connectivity index (χ4v) is 2.31. The van der Waals surface area contributed by atoms with E-state index >= 15 is 0 Å². The van der Waals surface area contributed by atoms with Crippen molar-refractivity contribution in [3.05, 3.63) is 29.3 Å². The quantitative estimate of drug-likeness (QED) is 0.528. The largest absolute Gasteiger partial charge is 0.335 e. The fourth-order valence-electron chi connectivity index (χ4n) is 1.39. The molecule has 7 heteroatoms. The van der Waals surface area contributed by atoms with Gasteiger partial charge in [0.05, 0.1) is 11.1 Å². The molecule has 0 radical (unpaired) electrons. The minimum absolute atomic E-state index is 0.443. The molecule has 0 saturated carbocycles. The summed E-state index contributed by atoms with van der Waals surface area (Å²) in [5.74, 6) is 7.06. The van der Waals surface area contributed by atoms with Crippen LogP contribution in [-0.4, -0.2) is 20.6 Å². The van der Waals surface area contributed by atoms with Crippen LogP contribution in [0.5, 0.6) is 0 Å². The zero-order chi connectivity index (χ0) is 13.0. The lowest BCUT2D eigenvalue weighted by atomic mass is 10.2. The summed E-state index contributed by atoms with van der Waals surface area (Å²) >= 11 is 7.47. The van der Waals surface area contributed by atoms with Crippen molar-refractivity contribution >= 4 is 23.4 Å². The second-order valence-corrected chi connectivity index (χ2v) is 4.88. The number of hydrogen-bond donors (Lipinski definition) is 1. The highest BCUT2D eigenvalue weighted by molar-refractivity contribution is 7.99. The van der Waals surface area contributed by atoms with Crippen molar-refractivity contribution in [1.82, 2.24) is 14.9 Å². The van der Waals surface area contributed by atoms with Crippen molar-refractivity contribution in [3.63, 3.8) is 0 Å². The van der Waals surface area contributed by atoms with Crippen molar-refractivity contribution in [1.29, 1.82) is 5.26 Å². The molecule has 0 saturated heterocycles. The van der Waals surface area contributed by atoms with E-state index in [-0.39, 0.29) is 0 Å². The third-order valence-corrected chi connectivity index (χ3v) is 3.50. The van der Waals surface area contributed by atoms with Gasteiger partial charge in [0.2, 0.25) is 5.16 Å². The van der Waals surface area contributed by atoms with Crippen molar-refractivity contribution in [2.24, 2.45) is 0 Å². The van der Waals surface area contributed by atoms with Crippen LogP contribution < -0.4 is 5.84 Å². The summed E-state index contributed by atoms with van der Waals surface area (Å²) in [4.78, 5) is 0. The van der Waals surface area contributed by atoms with E-state index in [9.17, 15) is 0 Å². The topological polar surface area (TPSA) is 80.5 Å². The third-order valence-electron chi connectivity index (χ3n) is 2.22. The lowest BCUT2D eigenvalue weighted by Gasteiger charge is -2.04. The number of thioether (sulfide) groups is 1. The Morgan fingerprint density at radius 3 is 2.89 bits per heavy atom. The monoisotopic (exact) mass is 279 g/mol. The van der Waals surface area contributed by atoms with Gasteiger partial charge in [-0.3, -0.25) is 0 Å². The van der Waals surface area contributed by atoms with Crippen LogP contribution in [0.3, 0.4) is 0 Å². The van der Waals surface area contributed by atoms with Crippen LogP contribution >= 0.6 is 23.4 Å². The first-order chi connectivity index (χ1) is 8.74. The summed E-state index contributed by atoms with van der Waals surface area (Å²) in [6, 6.07) is 9.37. The molecule has 92 valence electrons. The second kappa shape index (κ2) is 5.76. The molecule has 18 heavy (non-hydrogen) atoms. The first-order valence-corrected chi connectivity index (χ1v) is 6.55. The van der Waals surface area contributed by atoms with Gasteiger partial charge in [-0.05, 0) is 12.1 Å². The Kier molecular flexibility index (Phi) is 4.07. The average Bonchev–Trinajstić information content (AvgIpc) is 2.72. The zero-order valence-electron chi connectivity index (χ0n) is 9.38. The van der Waals surface area contributed by atoms with E-state index in [0.717, 1.165) is 5.56 Å². The molecule has 0 spiro atoms. The number of rotatable bonds is 4. The summed E-state index contributed by atoms with van der Waals surface area (Å²) in [6.07, 6.45) is 0.443. The summed E-state index contributed by atoms with van der Waals surface area (Å²) in [6.45, 7) is 0. The SMILES string of the molecule is N#CCCSc1nnc(-c2ccccc2Cl)n1N. The molecular formula is C11H10ClN5S. The van der Waals surface area contributed by atoms with Gasteiger partial charge in [-0.2, -0.15) is 5.26 Å². The minimum atomic E-state index is 0.443. The zero-order valence-corrected chi connectivity index (χ0v) is 10.9. The van der Waals surface area contributed by atoms with Gasteiger partial charge in [0.1, 0.15) is 0 Å². The standard InChI is InChI=1S/C11H10ClN5S/c12-9-5-2-1-4-8(9)10-15-16-11(17(10)14)18-7-3-6-13/h1-2,4-5H,3,7,14H2. The van der Waals surface area contributed by atoms with Crippen LogP contribution in [0.1, 0.15) is 6.42 Å². The summed E-state index contributed by atoms with van der Waals surface area (Å²) in [5, 5.41) is 17.6. The molecule has 0 aliphatic rings. The Balaban J connectivity index is 2.26. The molecule has 0 amide bonds. The van der Waals surface area contributed by atoms with Gasteiger partial charge in [-0.25, -0.2) is 4.68 Å². The van der Waals surface area contributed by atoms with E-state index in [1.165, 1.54) is 16.4 Å². The number of nitrogen functional groups attached to an aromatic ring is 1. The Hall–Kier alpha value is -1.71. The number of aromatic nitrogens is 3. The van der Waals surface area contributed by atoms with Gasteiger partial charge in [0.15, 0.2) is 5.82 Å². The molecule has 1 aromatic carbocycles.